The molecule has 0 unspecified atom stereocenters. The molecule has 0 aliphatic heterocycles. The Balaban J connectivity index is 1.99. The number of hydrogen-bond acceptors (Lipinski definition) is 5. The number of carbonyl (C=O) groups is 1. The Morgan fingerprint density at radius 2 is 2.20 bits per heavy atom. The van der Waals surface area contributed by atoms with Crippen LogP contribution in [0.15, 0.2) is 36.9 Å². The van der Waals surface area contributed by atoms with Crippen LogP contribution >= 0.6 is 0 Å². The third-order valence-electron chi connectivity index (χ3n) is 2.36. The number of H-pyrrole nitrogens is 1. The van der Waals surface area contributed by atoms with Crippen molar-refractivity contribution in [2.45, 2.75) is 0 Å². The van der Waals surface area contributed by atoms with Gasteiger partial charge in [0.05, 0.1) is 7.11 Å². The third-order valence-corrected chi connectivity index (χ3v) is 2.36. The van der Waals surface area contributed by atoms with Gasteiger partial charge in [0.1, 0.15) is 12.4 Å². The monoisotopic (exact) mass is 274 g/mol. The molecule has 104 valence electrons. The number of nitrogens with zero attached hydrogens (tertiary/aromatic N) is 2. The van der Waals surface area contributed by atoms with Gasteiger partial charge in [0, 0.05) is 5.56 Å². The maximum Gasteiger partial charge on any atom is 0.336 e. The van der Waals surface area contributed by atoms with Gasteiger partial charge < -0.3 is 9.47 Å². The Kier molecular flexibility index (Phi) is 4.33. The van der Waals surface area contributed by atoms with Crippen LogP contribution in [0.3, 0.4) is 0 Å². The molecule has 2 aromatic rings. The van der Waals surface area contributed by atoms with E-state index in [1.807, 2.05) is 0 Å². The molecular weight excluding hydrogens is 260 g/mol. The highest BCUT2D eigenvalue weighted by Crippen LogP contribution is 2.13. The first kappa shape index (κ1) is 13.6. The number of ether oxygens (including phenoxy) is 2. The lowest BCUT2D eigenvalue weighted by atomic mass is 10.2. The van der Waals surface area contributed by atoms with Gasteiger partial charge in [-0.25, -0.2) is 5.10 Å². The van der Waals surface area contributed by atoms with Crippen LogP contribution < -0.4 is 14.8 Å². The topological polar surface area (TPSA) is 89.1 Å². The first-order valence-corrected chi connectivity index (χ1v) is 5.84. The molecule has 0 aliphatic carbocycles. The highest BCUT2D eigenvalue weighted by molar-refractivity contribution is 6.03. The fourth-order valence-electron chi connectivity index (χ4n) is 1.43. The lowest BCUT2D eigenvalue weighted by Crippen LogP contribution is -2.12. The number of methoxy groups -OCH3 is 1. The number of benzene rings is 1. The Morgan fingerprint density at radius 1 is 1.45 bits per heavy atom. The maximum absolute atomic E-state index is 11.9. The van der Waals surface area contributed by atoms with E-state index in [1.165, 1.54) is 7.11 Å². The number of rotatable bonds is 6. The Bertz CT molecular complexity index is 592. The average Bonchev–Trinajstić information content (AvgIpc) is 2.93. The zero-order valence-corrected chi connectivity index (χ0v) is 10.9. The molecule has 0 saturated carbocycles. The van der Waals surface area contributed by atoms with Crippen LogP contribution in [0.1, 0.15) is 10.4 Å². The van der Waals surface area contributed by atoms with E-state index in [2.05, 4.69) is 27.1 Å². The third kappa shape index (κ3) is 3.35. The second kappa shape index (κ2) is 6.37. The molecule has 1 aromatic carbocycles. The van der Waals surface area contributed by atoms with Crippen LogP contribution in [-0.4, -0.2) is 34.8 Å². The van der Waals surface area contributed by atoms with Crippen molar-refractivity contribution in [2.75, 3.05) is 19.0 Å². The highest BCUT2D eigenvalue weighted by Gasteiger charge is 2.09. The van der Waals surface area contributed by atoms with E-state index in [-0.39, 0.29) is 17.9 Å². The smallest absolute Gasteiger partial charge is 0.336 e. The van der Waals surface area contributed by atoms with Crippen LogP contribution in [0.4, 0.5) is 5.95 Å². The Hall–Kier alpha value is -2.83. The van der Waals surface area contributed by atoms with Crippen molar-refractivity contribution in [3.63, 3.8) is 0 Å². The number of hydrogen-bond donors (Lipinski definition) is 2. The number of aromatic amines is 1. The second-order valence-corrected chi connectivity index (χ2v) is 3.75. The van der Waals surface area contributed by atoms with Crippen LogP contribution in [0.2, 0.25) is 0 Å². The minimum Gasteiger partial charge on any atom is -0.490 e. The normalized spacial score (nSPS) is 9.85. The van der Waals surface area contributed by atoms with E-state index in [0.717, 1.165) is 0 Å². The van der Waals surface area contributed by atoms with Crippen molar-refractivity contribution in [1.29, 1.82) is 0 Å². The van der Waals surface area contributed by atoms with Crippen LogP contribution in [0.25, 0.3) is 0 Å². The summed E-state index contributed by atoms with van der Waals surface area (Å²) in [6.07, 6.45) is 1.65. The van der Waals surface area contributed by atoms with Gasteiger partial charge in [-0.3, -0.25) is 10.1 Å². The van der Waals surface area contributed by atoms with E-state index in [9.17, 15) is 4.79 Å². The molecule has 7 nitrogen and oxygen atoms in total. The molecule has 0 spiro atoms. The summed E-state index contributed by atoms with van der Waals surface area (Å²) in [5, 5.41) is 8.84. The molecule has 1 amide bonds. The molecule has 2 N–H and O–H groups in total. The largest absolute Gasteiger partial charge is 0.490 e. The summed E-state index contributed by atoms with van der Waals surface area (Å²) >= 11 is 0. The van der Waals surface area contributed by atoms with E-state index >= 15 is 0 Å². The quantitative estimate of drug-likeness (QED) is 0.781. The van der Waals surface area contributed by atoms with Gasteiger partial charge in [-0.15, -0.1) is 5.10 Å². The average molecular weight is 274 g/mol. The minimum absolute atomic E-state index is 0.161. The zero-order chi connectivity index (χ0) is 14.4. The molecule has 0 fully saturated rings. The van der Waals surface area contributed by atoms with Crippen molar-refractivity contribution in [1.82, 2.24) is 15.2 Å². The number of nitrogens with one attached hydrogen (secondary N) is 2. The van der Waals surface area contributed by atoms with Gasteiger partial charge in [0.2, 0.25) is 5.95 Å². The first-order chi connectivity index (χ1) is 9.72. The molecule has 1 aromatic heterocycles. The summed E-state index contributed by atoms with van der Waals surface area (Å²) in [6, 6.07) is 6.88. The lowest BCUT2D eigenvalue weighted by Gasteiger charge is -2.04. The molecule has 0 bridgehead atoms. The number of amides is 1. The second-order valence-electron chi connectivity index (χ2n) is 3.75. The molecule has 1 heterocycles. The molecule has 0 aliphatic rings. The number of aromatic nitrogens is 3. The van der Waals surface area contributed by atoms with Crippen LogP contribution in [-0.2, 0) is 0 Å². The van der Waals surface area contributed by atoms with Gasteiger partial charge >= 0.3 is 6.01 Å². The fraction of sp³-hybridized carbons (Fsp3) is 0.154. The molecule has 7 heteroatoms. The van der Waals surface area contributed by atoms with Gasteiger partial charge in [-0.05, 0) is 24.3 Å². The van der Waals surface area contributed by atoms with Gasteiger partial charge in [0.25, 0.3) is 5.91 Å². The molecular formula is C13H14N4O3. The van der Waals surface area contributed by atoms with Gasteiger partial charge in [-0.1, -0.05) is 12.7 Å². The lowest BCUT2D eigenvalue weighted by molar-refractivity contribution is 0.102. The fourth-order valence-corrected chi connectivity index (χ4v) is 1.43. The molecule has 20 heavy (non-hydrogen) atoms. The predicted octanol–water partition coefficient (Wildman–Crippen LogP) is 1.63. The van der Waals surface area contributed by atoms with E-state index in [1.54, 1.807) is 30.3 Å². The van der Waals surface area contributed by atoms with Gasteiger partial charge in [-0.2, -0.15) is 4.98 Å². The summed E-state index contributed by atoms with van der Waals surface area (Å²) in [7, 11) is 1.44. The summed E-state index contributed by atoms with van der Waals surface area (Å²) in [6.45, 7) is 3.98. The first-order valence-electron chi connectivity index (χ1n) is 5.84. The number of carbonyl (C=O) groups excluding carboxylic acids is 1. The highest BCUT2D eigenvalue weighted by atomic mass is 16.5. The minimum atomic E-state index is -0.306. The van der Waals surface area contributed by atoms with Crippen molar-refractivity contribution in [2.24, 2.45) is 0 Å². The van der Waals surface area contributed by atoms with Crippen molar-refractivity contribution in [3.8, 4) is 11.8 Å². The van der Waals surface area contributed by atoms with E-state index in [0.29, 0.717) is 17.9 Å². The summed E-state index contributed by atoms with van der Waals surface area (Å²) < 4.78 is 10.1. The van der Waals surface area contributed by atoms with Gasteiger partial charge in [0.15, 0.2) is 0 Å². The van der Waals surface area contributed by atoms with Crippen molar-refractivity contribution >= 4 is 11.9 Å². The standard InChI is InChI=1S/C13H14N4O3/c1-3-8-20-10-6-4-9(5-7-10)11(18)14-12-15-13(19-2)17-16-12/h3-7H,1,8H2,2H3,(H2,14,15,16,17,18). The van der Waals surface area contributed by atoms with Crippen LogP contribution in [0, 0.1) is 0 Å². The molecule has 0 saturated heterocycles. The molecule has 0 atom stereocenters. The van der Waals surface area contributed by atoms with Crippen LogP contribution in [0.5, 0.6) is 11.8 Å². The van der Waals surface area contributed by atoms with E-state index in [4.69, 9.17) is 9.47 Å². The zero-order valence-electron chi connectivity index (χ0n) is 10.9. The number of anilines is 1. The predicted molar refractivity (Wildman–Crippen MR) is 73.0 cm³/mol. The summed E-state index contributed by atoms with van der Waals surface area (Å²) in [5.74, 6) is 0.584. The Morgan fingerprint density at radius 3 is 2.80 bits per heavy atom. The SMILES string of the molecule is C=CCOc1ccc(C(=O)Nc2nc(OC)n[nH]2)cc1. The summed E-state index contributed by atoms with van der Waals surface area (Å²) in [4.78, 5) is 15.8. The maximum atomic E-state index is 11.9. The molecule has 2 rings (SSSR count). The van der Waals surface area contributed by atoms with Crippen molar-refractivity contribution < 1.29 is 14.3 Å². The Labute approximate surface area is 115 Å². The summed E-state index contributed by atoms with van der Waals surface area (Å²) in [5.41, 5.74) is 0.478. The van der Waals surface area contributed by atoms with Crippen molar-refractivity contribution in [3.05, 3.63) is 42.5 Å². The molecule has 0 radical (unpaired) electrons. The van der Waals surface area contributed by atoms with E-state index < -0.39 is 0 Å².